The third-order valence-corrected chi connectivity index (χ3v) is 3.56. The lowest BCUT2D eigenvalue weighted by Crippen LogP contribution is -1.97. The average Bonchev–Trinajstić information content (AvgIpc) is 2.80. The van der Waals surface area contributed by atoms with Gasteiger partial charge in [0.25, 0.3) is 0 Å². The molecule has 0 atom stereocenters. The monoisotopic (exact) mass is 275 g/mol. The predicted octanol–water partition coefficient (Wildman–Crippen LogP) is 3.51. The molecule has 0 saturated heterocycles. The molecule has 3 nitrogen and oxygen atoms in total. The van der Waals surface area contributed by atoms with Crippen LogP contribution in [-0.2, 0) is 6.54 Å². The maximum absolute atomic E-state index is 13.4. The minimum Gasteiger partial charge on any atom is -0.312 e. The summed E-state index contributed by atoms with van der Waals surface area (Å²) >= 11 is 0. The van der Waals surface area contributed by atoms with Crippen molar-refractivity contribution in [1.82, 2.24) is 14.5 Å². The number of halogens is 1. The number of terminal acetylenes is 1. The van der Waals surface area contributed by atoms with E-state index in [2.05, 4.69) is 15.9 Å². The molecule has 0 aliphatic carbocycles. The van der Waals surface area contributed by atoms with Gasteiger partial charge in [-0.3, -0.25) is 0 Å². The van der Waals surface area contributed by atoms with Crippen molar-refractivity contribution in [2.75, 3.05) is 0 Å². The second-order valence-corrected chi connectivity index (χ2v) is 4.84. The summed E-state index contributed by atoms with van der Waals surface area (Å²) in [5.74, 6) is 2.33. The number of hydrogen-bond donors (Lipinski definition) is 0. The maximum atomic E-state index is 13.4. The molecule has 4 aromatic rings. The largest absolute Gasteiger partial charge is 0.312 e. The average molecular weight is 275 g/mol. The Hall–Kier alpha value is -2.93. The van der Waals surface area contributed by atoms with Crippen molar-refractivity contribution in [2.24, 2.45) is 0 Å². The van der Waals surface area contributed by atoms with Crippen molar-refractivity contribution in [3.63, 3.8) is 0 Å². The van der Waals surface area contributed by atoms with Gasteiger partial charge in [-0.15, -0.1) is 6.42 Å². The van der Waals surface area contributed by atoms with E-state index in [1.165, 1.54) is 12.1 Å². The smallest absolute Gasteiger partial charge is 0.161 e. The first-order valence-corrected chi connectivity index (χ1v) is 6.55. The van der Waals surface area contributed by atoms with Gasteiger partial charge in [0.15, 0.2) is 5.65 Å². The van der Waals surface area contributed by atoms with E-state index >= 15 is 0 Å². The lowest BCUT2D eigenvalue weighted by Gasteiger charge is -2.02. The van der Waals surface area contributed by atoms with Gasteiger partial charge in [0, 0.05) is 11.5 Å². The van der Waals surface area contributed by atoms with E-state index in [0.29, 0.717) is 17.6 Å². The number of fused-ring (bicyclic) bond motifs is 4. The van der Waals surface area contributed by atoms with Gasteiger partial charge in [-0.1, -0.05) is 24.1 Å². The second-order valence-electron chi connectivity index (χ2n) is 4.84. The molecular weight excluding hydrogens is 265 g/mol. The highest BCUT2D eigenvalue weighted by Crippen LogP contribution is 2.28. The fourth-order valence-electron chi connectivity index (χ4n) is 2.66. The van der Waals surface area contributed by atoms with Crippen LogP contribution >= 0.6 is 0 Å². The molecular formula is C17H10FN3. The van der Waals surface area contributed by atoms with Crippen LogP contribution in [0, 0.1) is 18.2 Å². The normalized spacial score (nSPS) is 11.2. The van der Waals surface area contributed by atoms with Crippen LogP contribution in [0.1, 0.15) is 0 Å². The molecule has 0 amide bonds. The van der Waals surface area contributed by atoms with Crippen LogP contribution in [0.2, 0.25) is 0 Å². The van der Waals surface area contributed by atoms with Gasteiger partial charge in [0.1, 0.15) is 11.3 Å². The lowest BCUT2D eigenvalue weighted by molar-refractivity contribution is 0.629. The summed E-state index contributed by atoms with van der Waals surface area (Å²) in [6.07, 6.45) is 5.47. The Bertz CT molecular complexity index is 1040. The molecule has 21 heavy (non-hydrogen) atoms. The quantitative estimate of drug-likeness (QED) is 0.498. The Kier molecular flexibility index (Phi) is 2.42. The number of para-hydroxylation sites is 1. The fraction of sp³-hybridized carbons (Fsp3) is 0.0588. The van der Waals surface area contributed by atoms with Crippen LogP contribution in [0.5, 0.6) is 0 Å². The maximum Gasteiger partial charge on any atom is 0.161 e. The molecule has 2 aromatic carbocycles. The third-order valence-electron chi connectivity index (χ3n) is 3.56. The first kappa shape index (κ1) is 11.9. The summed E-state index contributed by atoms with van der Waals surface area (Å²) in [6.45, 7) is 0.422. The highest BCUT2D eigenvalue weighted by molar-refractivity contribution is 6.06. The Morgan fingerprint density at radius 1 is 1.10 bits per heavy atom. The molecule has 2 aromatic heterocycles. The number of benzene rings is 2. The van der Waals surface area contributed by atoms with E-state index in [-0.39, 0.29) is 5.82 Å². The molecule has 100 valence electrons. The first-order valence-electron chi connectivity index (χ1n) is 6.55. The summed E-state index contributed by atoms with van der Waals surface area (Å²) in [5.41, 5.74) is 3.67. The van der Waals surface area contributed by atoms with Crippen LogP contribution in [0.15, 0.2) is 42.5 Å². The highest BCUT2D eigenvalue weighted by Gasteiger charge is 2.13. The Morgan fingerprint density at radius 2 is 1.95 bits per heavy atom. The van der Waals surface area contributed by atoms with Crippen LogP contribution in [-0.4, -0.2) is 14.5 Å². The second kappa shape index (κ2) is 4.29. The number of nitrogens with zero attached hydrogens (tertiary/aromatic N) is 3. The van der Waals surface area contributed by atoms with Gasteiger partial charge >= 0.3 is 0 Å². The minimum atomic E-state index is -0.316. The van der Waals surface area contributed by atoms with Gasteiger partial charge in [-0.2, -0.15) is 0 Å². The van der Waals surface area contributed by atoms with Gasteiger partial charge in [-0.05, 0) is 18.2 Å². The molecule has 0 N–H and O–H groups in total. The standard InChI is InChI=1S/C17H10FN3/c1-2-9-21-15-6-4-3-5-12(15)16-17(21)20-13-8-7-11(18)10-14(13)19-16/h1,3-8,10H,9H2. The summed E-state index contributed by atoms with van der Waals surface area (Å²) < 4.78 is 15.3. The van der Waals surface area contributed by atoms with Crippen molar-refractivity contribution in [3.8, 4) is 12.3 Å². The number of aromatic nitrogens is 3. The van der Waals surface area contributed by atoms with E-state index in [0.717, 1.165) is 22.1 Å². The van der Waals surface area contributed by atoms with Crippen molar-refractivity contribution >= 4 is 33.1 Å². The third kappa shape index (κ3) is 1.68. The Morgan fingerprint density at radius 3 is 2.81 bits per heavy atom. The Balaban J connectivity index is 2.23. The molecule has 0 radical (unpaired) electrons. The SMILES string of the molecule is C#CCn1c2ccccc2c2nc3cc(F)ccc3nc21. The molecule has 0 aliphatic rings. The predicted molar refractivity (Wildman–Crippen MR) is 81.3 cm³/mol. The van der Waals surface area contributed by atoms with Gasteiger partial charge in [0.2, 0.25) is 0 Å². The number of rotatable bonds is 1. The van der Waals surface area contributed by atoms with Crippen LogP contribution < -0.4 is 0 Å². The molecule has 0 aliphatic heterocycles. The van der Waals surface area contributed by atoms with E-state index < -0.39 is 0 Å². The molecule has 4 rings (SSSR count). The number of hydrogen-bond acceptors (Lipinski definition) is 2. The molecule has 4 heteroatoms. The summed E-state index contributed by atoms with van der Waals surface area (Å²) in [6, 6.07) is 12.3. The van der Waals surface area contributed by atoms with Crippen LogP contribution in [0.4, 0.5) is 4.39 Å². The highest BCUT2D eigenvalue weighted by atomic mass is 19.1. The Labute approximate surface area is 120 Å². The van der Waals surface area contributed by atoms with Crippen LogP contribution in [0.25, 0.3) is 33.1 Å². The zero-order valence-electron chi connectivity index (χ0n) is 11.0. The van der Waals surface area contributed by atoms with Crippen molar-refractivity contribution < 1.29 is 4.39 Å². The summed E-state index contributed by atoms with van der Waals surface area (Å²) in [7, 11) is 0. The van der Waals surface area contributed by atoms with Gasteiger partial charge < -0.3 is 4.57 Å². The lowest BCUT2D eigenvalue weighted by atomic mass is 10.2. The van der Waals surface area contributed by atoms with E-state index in [1.807, 2.05) is 28.8 Å². The zero-order valence-corrected chi connectivity index (χ0v) is 11.0. The fourth-order valence-corrected chi connectivity index (χ4v) is 2.66. The van der Waals surface area contributed by atoms with Crippen LogP contribution in [0.3, 0.4) is 0 Å². The molecule has 0 spiro atoms. The van der Waals surface area contributed by atoms with Gasteiger partial charge in [-0.25, -0.2) is 14.4 Å². The van der Waals surface area contributed by atoms with Crippen molar-refractivity contribution in [2.45, 2.75) is 6.54 Å². The van der Waals surface area contributed by atoms with E-state index in [4.69, 9.17) is 6.42 Å². The first-order chi connectivity index (χ1) is 10.3. The topological polar surface area (TPSA) is 30.7 Å². The summed E-state index contributed by atoms with van der Waals surface area (Å²) in [5, 5.41) is 0.974. The molecule has 0 fully saturated rings. The minimum absolute atomic E-state index is 0.316. The molecule has 0 bridgehead atoms. The molecule has 0 saturated carbocycles. The van der Waals surface area contributed by atoms with E-state index in [1.54, 1.807) is 6.07 Å². The van der Waals surface area contributed by atoms with Gasteiger partial charge in [0.05, 0.1) is 23.1 Å². The summed E-state index contributed by atoms with van der Waals surface area (Å²) in [4.78, 5) is 9.19. The van der Waals surface area contributed by atoms with Crippen molar-refractivity contribution in [1.29, 1.82) is 0 Å². The van der Waals surface area contributed by atoms with E-state index in [9.17, 15) is 4.39 Å². The molecule has 2 heterocycles. The van der Waals surface area contributed by atoms with Crippen molar-refractivity contribution in [3.05, 3.63) is 48.3 Å². The molecule has 0 unspecified atom stereocenters. The zero-order chi connectivity index (χ0) is 14.4.